The summed E-state index contributed by atoms with van der Waals surface area (Å²) in [6, 6.07) is 15.3. The Bertz CT molecular complexity index is 1920. The second-order valence-corrected chi connectivity index (χ2v) is 17.0. The van der Waals surface area contributed by atoms with Crippen molar-refractivity contribution in [2.75, 3.05) is 19.6 Å². The van der Waals surface area contributed by atoms with Crippen LogP contribution in [-0.2, 0) is 24.0 Å². The number of aromatic nitrogens is 1. The molecule has 13 nitrogen and oxygen atoms in total. The van der Waals surface area contributed by atoms with Crippen LogP contribution in [-0.4, -0.2) is 98.5 Å². The third-order valence-electron chi connectivity index (χ3n) is 11.1. The van der Waals surface area contributed by atoms with Crippen molar-refractivity contribution < 1.29 is 29.1 Å². The van der Waals surface area contributed by atoms with Crippen molar-refractivity contribution in [3.63, 3.8) is 0 Å². The minimum atomic E-state index is -0.999. The summed E-state index contributed by atoms with van der Waals surface area (Å²) in [7, 11) is 0. The van der Waals surface area contributed by atoms with Crippen LogP contribution in [0.15, 0.2) is 65.2 Å². The van der Waals surface area contributed by atoms with E-state index in [0.717, 1.165) is 27.3 Å². The van der Waals surface area contributed by atoms with Crippen molar-refractivity contribution in [3.8, 4) is 10.4 Å². The SMILES string of the molecule is Cc1ncsc1-c1ccc([C@H](C)NC(=O)[C@@H]2C[C@@H](O)CN2C(=O)[C@@H](NC(=O)CCC(=O)N2CCC(C(=O)N3N=CCC3c3ccccc3)CC2)C(C)(C)C)cc1. The average molecular weight is 784 g/mol. The van der Waals surface area contributed by atoms with Crippen LogP contribution < -0.4 is 10.6 Å². The summed E-state index contributed by atoms with van der Waals surface area (Å²) in [6.45, 7) is 10.1. The number of carbonyl (C=O) groups excluding carboxylic acids is 5. The minimum Gasteiger partial charge on any atom is -0.391 e. The van der Waals surface area contributed by atoms with Crippen LogP contribution in [0, 0.1) is 18.3 Å². The van der Waals surface area contributed by atoms with E-state index in [2.05, 4.69) is 20.7 Å². The number of hydrogen-bond acceptors (Lipinski definition) is 9. The zero-order chi connectivity index (χ0) is 40.1. The van der Waals surface area contributed by atoms with E-state index in [9.17, 15) is 29.1 Å². The van der Waals surface area contributed by atoms with Crippen LogP contribution in [0.5, 0.6) is 0 Å². The van der Waals surface area contributed by atoms with Crippen LogP contribution in [0.1, 0.15) is 95.1 Å². The van der Waals surface area contributed by atoms with Gasteiger partial charge in [-0.05, 0) is 48.8 Å². The highest BCUT2D eigenvalue weighted by Crippen LogP contribution is 2.33. The Kier molecular flexibility index (Phi) is 12.7. The molecule has 0 spiro atoms. The predicted molar refractivity (Wildman–Crippen MR) is 214 cm³/mol. The summed E-state index contributed by atoms with van der Waals surface area (Å²) in [5.41, 5.74) is 5.01. The Hall–Kier alpha value is -4.95. The monoisotopic (exact) mass is 783 g/mol. The molecule has 298 valence electrons. The maximum Gasteiger partial charge on any atom is 0.246 e. The van der Waals surface area contributed by atoms with Gasteiger partial charge in [-0.3, -0.25) is 24.0 Å². The number of likely N-dealkylation sites (tertiary alicyclic amines) is 2. The highest BCUT2D eigenvalue weighted by molar-refractivity contribution is 7.13. The van der Waals surface area contributed by atoms with E-state index in [0.29, 0.717) is 32.4 Å². The van der Waals surface area contributed by atoms with Gasteiger partial charge in [-0.2, -0.15) is 5.10 Å². The molecule has 3 N–H and O–H groups in total. The Morgan fingerprint density at radius 2 is 1.66 bits per heavy atom. The first-order valence-corrected chi connectivity index (χ1v) is 20.4. The van der Waals surface area contributed by atoms with Gasteiger partial charge in [-0.25, -0.2) is 9.99 Å². The lowest BCUT2D eigenvalue weighted by molar-refractivity contribution is -0.144. The van der Waals surface area contributed by atoms with Gasteiger partial charge in [0.15, 0.2) is 0 Å². The number of benzene rings is 2. The van der Waals surface area contributed by atoms with Crippen LogP contribution in [0.2, 0.25) is 0 Å². The number of amides is 5. The molecule has 5 atom stereocenters. The number of nitrogens with one attached hydrogen (secondary N) is 2. The highest BCUT2D eigenvalue weighted by atomic mass is 32.1. The van der Waals surface area contributed by atoms with E-state index < -0.39 is 35.4 Å². The smallest absolute Gasteiger partial charge is 0.246 e. The molecule has 3 aromatic rings. The first kappa shape index (κ1) is 40.7. The van der Waals surface area contributed by atoms with Crippen molar-refractivity contribution in [3.05, 3.63) is 76.9 Å². The topological polar surface area (TPSA) is 165 Å². The summed E-state index contributed by atoms with van der Waals surface area (Å²) < 4.78 is 0. The number of hydrogen-bond donors (Lipinski definition) is 3. The lowest BCUT2D eigenvalue weighted by Gasteiger charge is -2.35. The number of β-amino-alcohol motifs (C(OH)–C–C–N with tert-alkyl or cyclic N) is 1. The number of hydrazone groups is 1. The number of carbonyl (C=O) groups is 5. The Labute approximate surface area is 332 Å². The third-order valence-corrected chi connectivity index (χ3v) is 12.0. The first-order valence-electron chi connectivity index (χ1n) is 19.5. The molecule has 0 saturated carbocycles. The van der Waals surface area contributed by atoms with Gasteiger partial charge in [0.25, 0.3) is 0 Å². The fourth-order valence-electron chi connectivity index (χ4n) is 7.77. The summed E-state index contributed by atoms with van der Waals surface area (Å²) >= 11 is 1.57. The molecule has 0 bridgehead atoms. The molecule has 2 fully saturated rings. The van der Waals surface area contributed by atoms with Gasteiger partial charge in [0.2, 0.25) is 29.5 Å². The zero-order valence-corrected chi connectivity index (χ0v) is 33.6. The first-order chi connectivity index (χ1) is 26.7. The van der Waals surface area contributed by atoms with Crippen molar-refractivity contribution in [1.29, 1.82) is 0 Å². The standard InChI is InChI=1S/C42H53N7O6S/c1-26(28-11-13-30(14-12-28)37-27(2)43-25-56-37)45-39(53)34-23-32(50)24-48(34)41(55)38(42(3,4)5)46-35(51)15-16-36(52)47-21-18-31(19-22-47)40(54)49-33(17-20-44-49)29-9-7-6-8-10-29/h6-14,20,25-26,31-34,38,50H,15-19,21-24H2,1-5H3,(H,45,53)(H,46,51)/t26-,32+,33?,34-,38+/m0/s1. The quantitative estimate of drug-likeness (QED) is 0.252. The molecular weight excluding hydrogens is 731 g/mol. The number of nitrogens with zero attached hydrogens (tertiary/aromatic N) is 5. The lowest BCUT2D eigenvalue weighted by atomic mass is 9.85. The van der Waals surface area contributed by atoms with Gasteiger partial charge in [-0.1, -0.05) is 75.4 Å². The molecule has 2 saturated heterocycles. The minimum absolute atomic E-state index is 0.0371. The van der Waals surface area contributed by atoms with Crippen molar-refractivity contribution >= 4 is 47.1 Å². The summed E-state index contributed by atoms with van der Waals surface area (Å²) in [6.07, 6.45) is 2.48. The second-order valence-electron chi connectivity index (χ2n) is 16.2. The molecule has 3 aliphatic heterocycles. The van der Waals surface area contributed by atoms with E-state index >= 15 is 0 Å². The van der Waals surface area contributed by atoms with Crippen LogP contribution in [0.3, 0.4) is 0 Å². The zero-order valence-electron chi connectivity index (χ0n) is 32.8. The summed E-state index contributed by atoms with van der Waals surface area (Å²) in [5.74, 6) is -1.77. The van der Waals surface area contributed by atoms with Gasteiger partial charge in [0.1, 0.15) is 12.1 Å². The fourth-order valence-corrected chi connectivity index (χ4v) is 8.58. The lowest BCUT2D eigenvalue weighted by Crippen LogP contribution is -2.58. The molecular formula is C42H53N7O6S. The summed E-state index contributed by atoms with van der Waals surface area (Å²) in [5, 5.41) is 22.4. The van der Waals surface area contributed by atoms with Gasteiger partial charge in [0.05, 0.1) is 34.3 Å². The second kappa shape index (κ2) is 17.5. The normalized spacial score (nSPS) is 21.2. The number of aliphatic hydroxyl groups is 1. The van der Waals surface area contributed by atoms with Gasteiger partial charge in [-0.15, -0.1) is 11.3 Å². The Balaban J connectivity index is 0.996. The van der Waals surface area contributed by atoms with Gasteiger partial charge < -0.3 is 25.5 Å². The van der Waals surface area contributed by atoms with E-state index in [-0.39, 0.29) is 61.5 Å². The molecule has 2 aromatic carbocycles. The van der Waals surface area contributed by atoms with Crippen LogP contribution in [0.4, 0.5) is 0 Å². The maximum atomic E-state index is 14.1. The maximum absolute atomic E-state index is 14.1. The number of aliphatic hydroxyl groups excluding tert-OH is 1. The highest BCUT2D eigenvalue weighted by Gasteiger charge is 2.45. The molecule has 14 heteroatoms. The number of thiazole rings is 1. The molecule has 3 aliphatic rings. The van der Waals surface area contributed by atoms with E-state index in [1.807, 2.05) is 94.7 Å². The fraction of sp³-hybridized carbons (Fsp3) is 0.500. The van der Waals surface area contributed by atoms with Crippen LogP contribution >= 0.6 is 11.3 Å². The van der Waals surface area contributed by atoms with Crippen molar-refractivity contribution in [2.45, 2.75) is 103 Å². The number of piperidine rings is 1. The largest absolute Gasteiger partial charge is 0.391 e. The van der Waals surface area contributed by atoms with Gasteiger partial charge >= 0.3 is 0 Å². The predicted octanol–water partition coefficient (Wildman–Crippen LogP) is 4.77. The third kappa shape index (κ3) is 9.35. The van der Waals surface area contributed by atoms with E-state index in [1.54, 1.807) is 27.5 Å². The Morgan fingerprint density at radius 3 is 2.30 bits per heavy atom. The van der Waals surface area contributed by atoms with Crippen molar-refractivity contribution in [2.24, 2.45) is 16.4 Å². The molecule has 56 heavy (non-hydrogen) atoms. The molecule has 5 amide bonds. The average Bonchev–Trinajstić information content (AvgIpc) is 3.95. The Morgan fingerprint density at radius 1 is 0.964 bits per heavy atom. The molecule has 6 rings (SSSR count). The van der Waals surface area contributed by atoms with Crippen molar-refractivity contribution in [1.82, 2.24) is 30.4 Å². The molecule has 0 radical (unpaired) electrons. The van der Waals surface area contributed by atoms with E-state index in [4.69, 9.17) is 0 Å². The molecule has 1 unspecified atom stereocenters. The van der Waals surface area contributed by atoms with Gasteiger partial charge in [0, 0.05) is 57.5 Å². The number of rotatable bonds is 11. The van der Waals surface area contributed by atoms with E-state index in [1.165, 1.54) is 4.90 Å². The molecule has 1 aromatic heterocycles. The summed E-state index contributed by atoms with van der Waals surface area (Å²) in [4.78, 5) is 76.1. The number of aryl methyl sites for hydroxylation is 1. The molecule has 4 heterocycles. The molecule has 0 aliphatic carbocycles. The van der Waals surface area contributed by atoms with Crippen LogP contribution in [0.25, 0.3) is 10.4 Å².